The molecular formula is C15H14N4O. The molecule has 5 nitrogen and oxygen atoms in total. The Bertz CT molecular complexity index is 771. The van der Waals surface area contributed by atoms with E-state index in [1.165, 1.54) is 0 Å². The van der Waals surface area contributed by atoms with Gasteiger partial charge in [-0.2, -0.15) is 15.4 Å². The van der Waals surface area contributed by atoms with E-state index in [0.717, 1.165) is 22.3 Å². The molecule has 0 saturated carbocycles. The first-order chi connectivity index (χ1) is 9.65. The smallest absolute Gasteiger partial charge is 0.255 e. The molecule has 0 unspecified atom stereocenters. The first kappa shape index (κ1) is 12.3. The van der Waals surface area contributed by atoms with E-state index in [1.54, 1.807) is 18.2 Å². The van der Waals surface area contributed by atoms with Crippen molar-refractivity contribution in [1.82, 2.24) is 15.4 Å². The second-order valence-electron chi connectivity index (χ2n) is 4.75. The fourth-order valence-corrected chi connectivity index (χ4v) is 2.18. The summed E-state index contributed by atoms with van der Waals surface area (Å²) in [6.45, 7) is 3.95. The second kappa shape index (κ2) is 4.77. The van der Waals surface area contributed by atoms with E-state index < -0.39 is 0 Å². The Balaban J connectivity index is 1.92. The molecule has 1 amide bonds. The van der Waals surface area contributed by atoms with Crippen molar-refractivity contribution in [3.63, 3.8) is 0 Å². The van der Waals surface area contributed by atoms with E-state index in [0.29, 0.717) is 11.1 Å². The zero-order chi connectivity index (χ0) is 14.1. The number of rotatable bonds is 2. The molecule has 0 aliphatic rings. The molecule has 0 fully saturated rings. The molecule has 0 bridgehead atoms. The van der Waals surface area contributed by atoms with Crippen LogP contribution in [0.2, 0.25) is 0 Å². The Morgan fingerprint density at radius 2 is 1.75 bits per heavy atom. The number of nitrogens with zero attached hydrogens (tertiary/aromatic N) is 2. The minimum Gasteiger partial charge on any atom is -0.322 e. The van der Waals surface area contributed by atoms with Crippen LogP contribution in [0.5, 0.6) is 0 Å². The molecule has 0 spiro atoms. The lowest BCUT2D eigenvalue weighted by atomic mass is 10.1. The molecule has 100 valence electrons. The van der Waals surface area contributed by atoms with Gasteiger partial charge < -0.3 is 5.32 Å². The van der Waals surface area contributed by atoms with Crippen molar-refractivity contribution in [1.29, 1.82) is 0 Å². The highest BCUT2D eigenvalue weighted by molar-refractivity contribution is 6.06. The van der Waals surface area contributed by atoms with Gasteiger partial charge in [-0.1, -0.05) is 18.2 Å². The normalized spacial score (nSPS) is 10.7. The van der Waals surface area contributed by atoms with Gasteiger partial charge in [0, 0.05) is 11.3 Å². The van der Waals surface area contributed by atoms with Gasteiger partial charge in [-0.3, -0.25) is 4.79 Å². The monoisotopic (exact) mass is 266 g/mol. The first-order valence-electron chi connectivity index (χ1n) is 6.33. The van der Waals surface area contributed by atoms with Gasteiger partial charge in [0.05, 0.1) is 0 Å². The predicted octanol–water partition coefficient (Wildman–Crippen LogP) is 2.83. The number of hydrogen-bond acceptors (Lipinski definition) is 3. The van der Waals surface area contributed by atoms with Crippen molar-refractivity contribution < 1.29 is 4.79 Å². The minimum atomic E-state index is -0.146. The van der Waals surface area contributed by atoms with E-state index in [1.807, 2.05) is 32.0 Å². The number of aryl methyl sites for hydroxylation is 2. The van der Waals surface area contributed by atoms with Crippen molar-refractivity contribution in [2.75, 3.05) is 5.32 Å². The third-order valence-corrected chi connectivity index (χ3v) is 3.30. The zero-order valence-electron chi connectivity index (χ0n) is 11.3. The number of nitrogens with one attached hydrogen (secondary N) is 2. The van der Waals surface area contributed by atoms with Crippen LogP contribution in [-0.4, -0.2) is 21.3 Å². The predicted molar refractivity (Wildman–Crippen MR) is 77.8 cm³/mol. The van der Waals surface area contributed by atoms with Crippen LogP contribution in [-0.2, 0) is 0 Å². The van der Waals surface area contributed by atoms with Crippen molar-refractivity contribution in [2.45, 2.75) is 13.8 Å². The quantitative estimate of drug-likeness (QED) is 0.749. The number of aromatic amines is 1. The molecular weight excluding hydrogens is 252 g/mol. The van der Waals surface area contributed by atoms with Crippen LogP contribution in [0.3, 0.4) is 0 Å². The van der Waals surface area contributed by atoms with Gasteiger partial charge in [0.2, 0.25) is 0 Å². The van der Waals surface area contributed by atoms with E-state index in [2.05, 4.69) is 20.7 Å². The fraction of sp³-hybridized carbons (Fsp3) is 0.133. The number of amides is 1. The highest BCUT2D eigenvalue weighted by atomic mass is 16.1. The molecule has 3 rings (SSSR count). The Kier molecular flexibility index (Phi) is 2.95. The SMILES string of the molecule is Cc1cccc(C)c1NC(=O)c1ccc2n[nH]nc2c1. The topological polar surface area (TPSA) is 70.7 Å². The number of H-pyrrole nitrogens is 1. The molecule has 0 aliphatic carbocycles. The Labute approximate surface area is 116 Å². The Morgan fingerprint density at radius 3 is 2.50 bits per heavy atom. The van der Waals surface area contributed by atoms with Crippen LogP contribution in [0, 0.1) is 13.8 Å². The van der Waals surface area contributed by atoms with Gasteiger partial charge in [-0.05, 0) is 43.2 Å². The van der Waals surface area contributed by atoms with Crippen LogP contribution >= 0.6 is 0 Å². The highest BCUT2D eigenvalue weighted by Gasteiger charge is 2.11. The van der Waals surface area contributed by atoms with Crippen LogP contribution in [0.25, 0.3) is 11.0 Å². The molecule has 2 N–H and O–H groups in total. The van der Waals surface area contributed by atoms with E-state index in [4.69, 9.17) is 0 Å². The van der Waals surface area contributed by atoms with E-state index >= 15 is 0 Å². The van der Waals surface area contributed by atoms with Crippen LogP contribution in [0.1, 0.15) is 21.5 Å². The number of para-hydroxylation sites is 1. The summed E-state index contributed by atoms with van der Waals surface area (Å²) >= 11 is 0. The minimum absolute atomic E-state index is 0.146. The maximum atomic E-state index is 12.3. The number of fused-ring (bicyclic) bond motifs is 1. The lowest BCUT2D eigenvalue weighted by molar-refractivity contribution is 0.102. The van der Waals surface area contributed by atoms with Gasteiger partial charge in [0.25, 0.3) is 5.91 Å². The third-order valence-electron chi connectivity index (χ3n) is 3.30. The molecule has 0 saturated heterocycles. The van der Waals surface area contributed by atoms with E-state index in [9.17, 15) is 4.79 Å². The number of hydrogen-bond donors (Lipinski definition) is 2. The summed E-state index contributed by atoms with van der Waals surface area (Å²) in [5.41, 5.74) is 4.93. The maximum absolute atomic E-state index is 12.3. The summed E-state index contributed by atoms with van der Waals surface area (Å²) < 4.78 is 0. The van der Waals surface area contributed by atoms with Crippen LogP contribution in [0.4, 0.5) is 5.69 Å². The molecule has 5 heteroatoms. The zero-order valence-corrected chi connectivity index (χ0v) is 11.3. The van der Waals surface area contributed by atoms with Crippen LogP contribution in [0.15, 0.2) is 36.4 Å². The molecule has 1 heterocycles. The molecule has 2 aromatic carbocycles. The van der Waals surface area contributed by atoms with Gasteiger partial charge in [0.1, 0.15) is 11.0 Å². The molecule has 3 aromatic rings. The second-order valence-corrected chi connectivity index (χ2v) is 4.75. The molecule has 0 radical (unpaired) electrons. The summed E-state index contributed by atoms with van der Waals surface area (Å²) in [7, 11) is 0. The average molecular weight is 266 g/mol. The summed E-state index contributed by atoms with van der Waals surface area (Å²) in [6.07, 6.45) is 0. The van der Waals surface area contributed by atoms with Gasteiger partial charge in [-0.15, -0.1) is 0 Å². The Hall–Kier alpha value is -2.69. The summed E-state index contributed by atoms with van der Waals surface area (Å²) in [6, 6.07) is 11.2. The fourth-order valence-electron chi connectivity index (χ4n) is 2.18. The van der Waals surface area contributed by atoms with E-state index in [-0.39, 0.29) is 5.91 Å². The number of benzene rings is 2. The van der Waals surface area contributed by atoms with Crippen molar-refractivity contribution in [3.8, 4) is 0 Å². The lowest BCUT2D eigenvalue weighted by Crippen LogP contribution is -2.13. The largest absolute Gasteiger partial charge is 0.322 e. The number of carbonyl (C=O) groups excluding carboxylic acids is 1. The van der Waals surface area contributed by atoms with Crippen LogP contribution < -0.4 is 5.32 Å². The lowest BCUT2D eigenvalue weighted by Gasteiger charge is -2.11. The van der Waals surface area contributed by atoms with Crippen molar-refractivity contribution in [2.24, 2.45) is 0 Å². The number of aromatic nitrogens is 3. The highest BCUT2D eigenvalue weighted by Crippen LogP contribution is 2.20. The first-order valence-corrected chi connectivity index (χ1v) is 6.33. The third kappa shape index (κ3) is 2.14. The summed E-state index contributed by atoms with van der Waals surface area (Å²) in [5.74, 6) is -0.146. The molecule has 20 heavy (non-hydrogen) atoms. The van der Waals surface area contributed by atoms with Gasteiger partial charge in [-0.25, -0.2) is 0 Å². The summed E-state index contributed by atoms with van der Waals surface area (Å²) in [5, 5.41) is 13.4. The molecule has 0 atom stereocenters. The average Bonchev–Trinajstić information content (AvgIpc) is 2.90. The van der Waals surface area contributed by atoms with Crippen molar-refractivity contribution >= 4 is 22.6 Å². The summed E-state index contributed by atoms with van der Waals surface area (Å²) in [4.78, 5) is 12.3. The maximum Gasteiger partial charge on any atom is 0.255 e. The van der Waals surface area contributed by atoms with Gasteiger partial charge in [0.15, 0.2) is 0 Å². The Morgan fingerprint density at radius 1 is 1.05 bits per heavy atom. The number of anilines is 1. The standard InChI is InChI=1S/C15H14N4O/c1-9-4-3-5-10(2)14(9)16-15(20)11-6-7-12-13(8-11)18-19-17-12/h3-8H,1-2H3,(H,16,20)(H,17,18,19). The molecule has 1 aromatic heterocycles. The molecule has 0 aliphatic heterocycles. The van der Waals surface area contributed by atoms with Gasteiger partial charge >= 0.3 is 0 Å². The van der Waals surface area contributed by atoms with Crippen molar-refractivity contribution in [3.05, 3.63) is 53.1 Å². The number of carbonyl (C=O) groups is 1.